The second-order valence-electron chi connectivity index (χ2n) is 8.00. The lowest BCUT2D eigenvalue weighted by Gasteiger charge is -2.26. The number of likely N-dealkylation sites (tertiary alicyclic amines) is 1. The van der Waals surface area contributed by atoms with E-state index in [2.05, 4.69) is 46.4 Å². The Morgan fingerprint density at radius 3 is 2.76 bits per heavy atom. The zero-order chi connectivity index (χ0) is 22.8. The van der Waals surface area contributed by atoms with Crippen molar-refractivity contribution in [3.63, 3.8) is 0 Å². The highest BCUT2D eigenvalue weighted by Gasteiger charge is 2.16. The van der Waals surface area contributed by atoms with E-state index in [4.69, 9.17) is 5.41 Å². The molecule has 0 radical (unpaired) electrons. The van der Waals surface area contributed by atoms with E-state index in [1.54, 1.807) is 12.1 Å². The van der Waals surface area contributed by atoms with Crippen LogP contribution in [-0.2, 0) is 0 Å². The molecule has 1 aliphatic heterocycles. The summed E-state index contributed by atoms with van der Waals surface area (Å²) >= 11 is 4.70. The number of hydrogen-bond donors (Lipinski definition) is 3. The average molecular weight is 528 g/mol. The molecule has 1 fully saturated rings. The lowest BCUT2D eigenvalue weighted by atomic mass is 10.1. The Balaban J connectivity index is 1.41. The van der Waals surface area contributed by atoms with Crippen molar-refractivity contribution in [1.29, 1.82) is 5.41 Å². The highest BCUT2D eigenvalue weighted by Crippen LogP contribution is 2.35. The average Bonchev–Trinajstić information content (AvgIpc) is 3.26. The molecular formula is C23H23BrFN7S. The third kappa shape index (κ3) is 4.83. The molecule has 0 saturated carbocycles. The molecule has 1 saturated heterocycles. The lowest BCUT2D eigenvalue weighted by molar-refractivity contribution is 0.232. The van der Waals surface area contributed by atoms with Crippen molar-refractivity contribution in [2.45, 2.75) is 19.3 Å². The minimum Gasteiger partial charge on any atom is -0.367 e. The van der Waals surface area contributed by atoms with Crippen LogP contribution in [0.5, 0.6) is 0 Å². The monoisotopic (exact) mass is 527 g/mol. The first kappa shape index (κ1) is 22.1. The van der Waals surface area contributed by atoms with Crippen molar-refractivity contribution < 1.29 is 4.39 Å². The van der Waals surface area contributed by atoms with Crippen LogP contribution in [-0.4, -0.2) is 51.9 Å². The Morgan fingerprint density at radius 1 is 1.12 bits per heavy atom. The second-order valence-corrected chi connectivity index (χ2v) is 9.92. The van der Waals surface area contributed by atoms with Gasteiger partial charge in [-0.05, 0) is 56.3 Å². The number of nitrogens with zero attached hydrogens (tertiary/aromatic N) is 4. The standard InChI is InChI=1S/C23H23BrFN7S/c24-14-4-5-16(15(25)12-14)30-22-19-17(28-13-29-22)6-7-18-20(19)33-23(31-18)21(26)27-8-11-32-9-2-1-3-10-32/h4-7,12-13H,1-3,8-11H2,(H2,26,27)(H,28,29,30). The van der Waals surface area contributed by atoms with Gasteiger partial charge in [0.2, 0.25) is 0 Å². The van der Waals surface area contributed by atoms with Crippen LogP contribution in [0.15, 0.2) is 41.1 Å². The molecule has 0 amide bonds. The molecule has 33 heavy (non-hydrogen) atoms. The number of amidine groups is 1. The van der Waals surface area contributed by atoms with Crippen molar-refractivity contribution in [3.8, 4) is 0 Å². The highest BCUT2D eigenvalue weighted by atomic mass is 79.9. The molecule has 0 aliphatic carbocycles. The minimum atomic E-state index is -0.381. The fourth-order valence-corrected chi connectivity index (χ4v) is 5.42. The summed E-state index contributed by atoms with van der Waals surface area (Å²) in [5.74, 6) is 0.436. The number of anilines is 2. The number of rotatable bonds is 6. The van der Waals surface area contributed by atoms with Gasteiger partial charge in [-0.25, -0.2) is 19.3 Å². The van der Waals surface area contributed by atoms with Crippen LogP contribution in [0.25, 0.3) is 21.1 Å². The van der Waals surface area contributed by atoms with Gasteiger partial charge in [0, 0.05) is 17.6 Å². The van der Waals surface area contributed by atoms with Crippen molar-refractivity contribution in [2.24, 2.45) is 0 Å². The van der Waals surface area contributed by atoms with Crippen LogP contribution in [0, 0.1) is 11.2 Å². The van der Waals surface area contributed by atoms with Crippen molar-refractivity contribution in [1.82, 2.24) is 25.2 Å². The summed E-state index contributed by atoms with van der Waals surface area (Å²) in [6, 6.07) is 8.61. The van der Waals surface area contributed by atoms with Gasteiger partial charge in [0.15, 0.2) is 10.8 Å². The summed E-state index contributed by atoms with van der Waals surface area (Å²) in [7, 11) is 0. The van der Waals surface area contributed by atoms with Gasteiger partial charge < -0.3 is 15.5 Å². The second kappa shape index (κ2) is 9.66. The summed E-state index contributed by atoms with van der Waals surface area (Å²) in [4.78, 5) is 15.8. The van der Waals surface area contributed by atoms with Gasteiger partial charge >= 0.3 is 0 Å². The molecule has 7 nitrogen and oxygen atoms in total. The van der Waals surface area contributed by atoms with E-state index in [1.807, 2.05) is 12.1 Å². The van der Waals surface area contributed by atoms with Crippen LogP contribution in [0.3, 0.4) is 0 Å². The van der Waals surface area contributed by atoms with E-state index in [9.17, 15) is 4.39 Å². The Hall–Kier alpha value is -2.69. The molecule has 0 atom stereocenters. The predicted octanol–water partition coefficient (Wildman–Crippen LogP) is 5.29. The Kier molecular flexibility index (Phi) is 6.48. The normalized spacial score (nSPS) is 14.6. The maximum atomic E-state index is 14.4. The molecule has 0 unspecified atom stereocenters. The number of thiazole rings is 1. The van der Waals surface area contributed by atoms with E-state index in [1.165, 1.54) is 43.0 Å². The zero-order valence-electron chi connectivity index (χ0n) is 17.9. The topological polar surface area (TPSA) is 89.8 Å². The number of fused-ring (bicyclic) bond motifs is 3. The van der Waals surface area contributed by atoms with E-state index in [0.717, 1.165) is 40.8 Å². The van der Waals surface area contributed by atoms with Gasteiger partial charge in [0.1, 0.15) is 18.0 Å². The molecule has 10 heteroatoms. The summed E-state index contributed by atoms with van der Waals surface area (Å²) in [5.41, 5.74) is 1.82. The van der Waals surface area contributed by atoms with Crippen LogP contribution < -0.4 is 10.6 Å². The zero-order valence-corrected chi connectivity index (χ0v) is 20.3. The van der Waals surface area contributed by atoms with Gasteiger partial charge in [-0.3, -0.25) is 5.41 Å². The number of benzene rings is 2. The molecule has 0 spiro atoms. The maximum Gasteiger partial charge on any atom is 0.159 e. The largest absolute Gasteiger partial charge is 0.367 e. The third-order valence-electron chi connectivity index (χ3n) is 5.73. The first-order valence-corrected chi connectivity index (χ1v) is 12.5. The number of hydrogen-bond acceptors (Lipinski definition) is 7. The first-order chi connectivity index (χ1) is 16.1. The van der Waals surface area contributed by atoms with Crippen molar-refractivity contribution in [2.75, 3.05) is 31.5 Å². The molecule has 1 aliphatic rings. The first-order valence-electron chi connectivity index (χ1n) is 10.9. The number of aromatic nitrogens is 3. The molecule has 2 aromatic carbocycles. The minimum absolute atomic E-state index is 0.312. The molecule has 2 aromatic heterocycles. The summed E-state index contributed by atoms with van der Waals surface area (Å²) < 4.78 is 16.0. The molecule has 170 valence electrons. The predicted molar refractivity (Wildman–Crippen MR) is 135 cm³/mol. The Bertz CT molecular complexity index is 1320. The van der Waals surface area contributed by atoms with Gasteiger partial charge in [0.25, 0.3) is 0 Å². The van der Waals surface area contributed by atoms with Gasteiger partial charge in [-0.2, -0.15) is 0 Å². The van der Waals surface area contributed by atoms with Crippen LogP contribution in [0.2, 0.25) is 0 Å². The van der Waals surface area contributed by atoms with Gasteiger partial charge in [-0.1, -0.05) is 22.4 Å². The van der Waals surface area contributed by atoms with Crippen LogP contribution in [0.4, 0.5) is 15.9 Å². The van der Waals surface area contributed by atoms with Gasteiger partial charge in [0.05, 0.1) is 26.8 Å². The van der Waals surface area contributed by atoms with Crippen LogP contribution >= 0.6 is 27.3 Å². The summed E-state index contributed by atoms with van der Waals surface area (Å²) in [5, 5.41) is 16.2. The Morgan fingerprint density at radius 2 is 1.94 bits per heavy atom. The molecule has 4 aromatic rings. The smallest absolute Gasteiger partial charge is 0.159 e. The third-order valence-corrected chi connectivity index (χ3v) is 7.33. The van der Waals surface area contributed by atoms with Crippen LogP contribution in [0.1, 0.15) is 24.3 Å². The Labute approximate surface area is 203 Å². The lowest BCUT2D eigenvalue weighted by Crippen LogP contribution is -2.37. The molecular weight excluding hydrogens is 505 g/mol. The highest BCUT2D eigenvalue weighted by molar-refractivity contribution is 9.10. The van der Waals surface area contributed by atoms with E-state index >= 15 is 0 Å². The van der Waals surface area contributed by atoms with E-state index in [-0.39, 0.29) is 5.82 Å². The van der Waals surface area contributed by atoms with E-state index < -0.39 is 0 Å². The summed E-state index contributed by atoms with van der Waals surface area (Å²) in [6.07, 6.45) is 5.28. The quantitative estimate of drug-likeness (QED) is 0.233. The van der Waals surface area contributed by atoms with Crippen molar-refractivity contribution in [3.05, 3.63) is 52.0 Å². The number of halogens is 2. The molecule has 5 rings (SSSR count). The number of piperidine rings is 1. The maximum absolute atomic E-state index is 14.4. The number of nitrogens with one attached hydrogen (secondary N) is 3. The SMILES string of the molecule is N=C(NCCN1CCCCC1)c1nc2ccc3ncnc(Nc4ccc(Br)cc4F)c3c2s1. The van der Waals surface area contributed by atoms with E-state index in [0.29, 0.717) is 33.4 Å². The summed E-state index contributed by atoms with van der Waals surface area (Å²) in [6.45, 7) is 3.92. The molecule has 0 bridgehead atoms. The molecule has 3 heterocycles. The molecule has 3 N–H and O–H groups in total. The van der Waals surface area contributed by atoms with Crippen molar-refractivity contribution >= 4 is 65.7 Å². The fourth-order valence-electron chi connectivity index (χ4n) is 4.05. The van der Waals surface area contributed by atoms with Gasteiger partial charge in [-0.15, -0.1) is 11.3 Å². The fraction of sp³-hybridized carbons (Fsp3) is 0.304.